The van der Waals surface area contributed by atoms with E-state index in [0.29, 0.717) is 11.5 Å². The Bertz CT molecular complexity index is 540. The fourth-order valence-corrected chi connectivity index (χ4v) is 3.24. The molecule has 35 heavy (non-hydrogen) atoms. The van der Waals surface area contributed by atoms with Crippen LogP contribution in [0.1, 0.15) is 12.8 Å². The summed E-state index contributed by atoms with van der Waals surface area (Å²) < 4.78 is 175. The summed E-state index contributed by atoms with van der Waals surface area (Å²) in [5.74, 6) is 0.847. The Kier molecular flexibility index (Phi) is 31.0. The van der Waals surface area contributed by atoms with Gasteiger partial charge in [-0.25, -0.2) is 12.8 Å². The van der Waals surface area contributed by atoms with Crippen LogP contribution in [0.5, 0.6) is 0 Å². The van der Waals surface area contributed by atoms with Crippen LogP contribution in [0.4, 0.5) is 57.1 Å². The van der Waals surface area contributed by atoms with E-state index in [-0.39, 0.29) is 120 Å². The number of ether oxygens (including phenoxy) is 2. The number of halogens is 16. The molecule has 0 atom stereocenters. The van der Waals surface area contributed by atoms with Crippen LogP contribution in [0.3, 0.4) is 0 Å². The van der Waals surface area contributed by atoms with Crippen molar-refractivity contribution in [2.45, 2.75) is 49.8 Å². The van der Waals surface area contributed by atoms with Crippen LogP contribution >= 0.6 is 11.6 Å². The molecule has 0 spiro atoms. The minimum Gasteiger partial charge on any atom is -1.00 e. The van der Waals surface area contributed by atoms with Gasteiger partial charge < -0.3 is 26.6 Å². The van der Waals surface area contributed by atoms with E-state index in [0.717, 1.165) is 12.8 Å². The first-order chi connectivity index (χ1) is 13.6. The second kappa shape index (κ2) is 21.5. The van der Waals surface area contributed by atoms with Crippen LogP contribution in [0, 0.1) is 0 Å². The van der Waals surface area contributed by atoms with E-state index in [1.807, 2.05) is 0 Å². The number of hydrogen-bond donors (Lipinski definition) is 0. The van der Waals surface area contributed by atoms with Crippen LogP contribution in [0.25, 0.3) is 0 Å². The molecule has 0 aromatic heterocycles. The average Bonchev–Trinajstić information content (AvgIpc) is 2.91. The van der Waals surface area contributed by atoms with E-state index in [2.05, 4.69) is 21.1 Å². The van der Waals surface area contributed by atoms with Crippen molar-refractivity contribution in [1.82, 2.24) is 0 Å². The van der Waals surface area contributed by atoms with Crippen LogP contribution < -0.4 is 120 Å². The average molecular weight is 669 g/mol. The summed E-state index contributed by atoms with van der Waals surface area (Å²) in [5, 5.41) is 0. The van der Waals surface area contributed by atoms with Gasteiger partial charge in [0.05, 0.1) is 11.5 Å². The number of sulfone groups is 1. The predicted molar refractivity (Wildman–Crippen MR) is 78.5 cm³/mol. The third kappa shape index (κ3) is 25.5. The van der Waals surface area contributed by atoms with Crippen LogP contribution in [0.15, 0.2) is 0 Å². The molecule has 0 saturated carbocycles. The molecule has 4 nitrogen and oxygen atoms in total. The molecule has 0 bridgehead atoms. The van der Waals surface area contributed by atoms with Gasteiger partial charge in [0.15, 0.2) is 6.86 Å². The van der Waals surface area contributed by atoms with Gasteiger partial charge in [-0.05, 0) is 12.8 Å². The van der Waals surface area contributed by atoms with E-state index in [1.54, 1.807) is 0 Å². The van der Waals surface area contributed by atoms with Crippen molar-refractivity contribution >= 4 is 21.4 Å². The van der Waals surface area contributed by atoms with E-state index in [1.165, 1.54) is 0 Å². The van der Waals surface area contributed by atoms with Crippen LogP contribution in [0.2, 0.25) is 0 Å². The maximum Gasteiger partial charge on any atom is 1.00 e. The molecule has 0 aromatic rings. The Morgan fingerprint density at radius 1 is 0.686 bits per heavy atom. The van der Waals surface area contributed by atoms with Gasteiger partial charge in [0, 0.05) is 0 Å². The number of rotatable bonds is 4. The summed E-state index contributed by atoms with van der Waals surface area (Å²) >= 11 is 4.59. The van der Waals surface area contributed by atoms with Gasteiger partial charge in [-0.3, -0.25) is 0 Å². The monoisotopic (exact) mass is 668 g/mol. The Balaban J connectivity index is -0.0000000875. The first-order valence-electron chi connectivity index (χ1n) is 7.42. The molecule has 0 amide bonds. The number of hydrogen-bond acceptors (Lipinski definition) is 4. The van der Waals surface area contributed by atoms with Crippen molar-refractivity contribution in [3.8, 4) is 0 Å². The summed E-state index contributed by atoms with van der Waals surface area (Å²) in [4.78, 5) is 0. The largest absolute Gasteiger partial charge is 1.00 e. The van der Waals surface area contributed by atoms with Crippen molar-refractivity contribution in [2.24, 2.45) is 0 Å². The van der Waals surface area contributed by atoms with E-state index in [4.69, 9.17) is 0 Å². The van der Waals surface area contributed by atoms with Gasteiger partial charge in [-0.2, -0.15) is 52.7 Å². The summed E-state index contributed by atoms with van der Waals surface area (Å²) in [7, 11) is -2.55. The number of alkyl halides is 14. The van der Waals surface area contributed by atoms with Gasteiger partial charge in [0.2, 0.25) is 0 Å². The van der Waals surface area contributed by atoms with E-state index < -0.39 is 59.7 Å². The summed E-state index contributed by atoms with van der Waals surface area (Å²) in [6.07, 6.45) is -28.3. The van der Waals surface area contributed by atoms with E-state index >= 15 is 0 Å². The molecule has 1 saturated heterocycles. The zero-order chi connectivity index (χ0) is 25.3. The van der Waals surface area contributed by atoms with Gasteiger partial charge in [-0.1, -0.05) is 11.6 Å². The third-order valence-electron chi connectivity index (χ3n) is 2.81. The molecule has 1 heterocycles. The van der Waals surface area contributed by atoms with Gasteiger partial charge in [0.25, 0.3) is 12.2 Å². The normalized spacial score (nSPS) is 15.2. The summed E-state index contributed by atoms with van der Waals surface area (Å²) in [6.45, 7) is -2.14. The standard InChI is InChI=1S/C4H3ClF6O.C4H3F7O.C4H8O2S.ClH.FH.2K/c2*5-1-12-2(3(6,7)8)4(9,10)11;5-7(6)3-1-2-4-7;;;;/h2*2H,1H2;1-4H2;2*1H;;/q;;;;;2*+1/p-2. The van der Waals surface area contributed by atoms with Gasteiger partial charge in [0.1, 0.15) is 15.9 Å². The SMILES string of the molecule is FC(F)(F)C(OCCl)C(F)(F)F.FCOC(C(F)(F)F)C(F)(F)F.O=S1(=O)CCCC1.[Cl-].[F-].[K+].[K+]. The fraction of sp³-hybridized carbons (Fsp3) is 1.00. The molecular weight excluding hydrogens is 655 g/mol. The van der Waals surface area contributed by atoms with Crippen molar-refractivity contribution < 1.29 is 195 Å². The molecule has 0 aliphatic carbocycles. The molecule has 0 radical (unpaired) electrons. The zero-order valence-corrected chi connectivity index (χ0v) is 26.1. The maximum absolute atomic E-state index is 11.5. The molecule has 0 N–H and O–H groups in total. The van der Waals surface area contributed by atoms with E-state index in [9.17, 15) is 65.5 Å². The molecule has 0 aromatic carbocycles. The van der Waals surface area contributed by atoms with Gasteiger partial charge >= 0.3 is 127 Å². The molecule has 23 heteroatoms. The van der Waals surface area contributed by atoms with Gasteiger partial charge in [-0.15, -0.1) is 0 Å². The first-order valence-corrected chi connectivity index (χ1v) is 9.77. The molecular formula is C12H14Cl2F14K2O4S. The van der Waals surface area contributed by atoms with Crippen molar-refractivity contribution in [2.75, 3.05) is 24.4 Å². The quantitative estimate of drug-likeness (QED) is 0.170. The Morgan fingerprint density at radius 3 is 1.03 bits per heavy atom. The minimum absolute atomic E-state index is 0. The van der Waals surface area contributed by atoms with Crippen molar-refractivity contribution in [3.05, 3.63) is 0 Å². The smallest absolute Gasteiger partial charge is 1.00 e. The fourth-order valence-electron chi connectivity index (χ4n) is 1.62. The summed E-state index contributed by atoms with van der Waals surface area (Å²) in [6, 6.07) is -1.16. The molecule has 1 rings (SSSR count). The van der Waals surface area contributed by atoms with Crippen molar-refractivity contribution in [1.29, 1.82) is 0 Å². The molecule has 1 fully saturated rings. The third-order valence-corrected chi connectivity index (χ3v) is 4.76. The molecule has 1 aliphatic rings. The zero-order valence-electron chi connectivity index (χ0n) is 17.5. The maximum atomic E-state index is 11.5. The Labute approximate surface area is 286 Å². The molecule has 0 unspecified atom stereocenters. The summed E-state index contributed by atoms with van der Waals surface area (Å²) in [5.41, 5.74) is 0. The molecule has 206 valence electrons. The Morgan fingerprint density at radius 2 is 0.943 bits per heavy atom. The second-order valence-electron chi connectivity index (χ2n) is 5.34. The topological polar surface area (TPSA) is 52.6 Å². The molecule has 1 aliphatic heterocycles. The first kappa shape index (κ1) is 50.6. The van der Waals surface area contributed by atoms with Crippen molar-refractivity contribution in [3.63, 3.8) is 0 Å². The predicted octanol–water partition coefficient (Wildman–Crippen LogP) is -6.67. The van der Waals surface area contributed by atoms with Crippen LogP contribution in [-0.4, -0.2) is 69.8 Å². The Hall–Kier alpha value is 2.74. The minimum atomic E-state index is -5.63. The second-order valence-corrected chi connectivity index (χ2v) is 7.86. The van der Waals surface area contributed by atoms with Crippen LogP contribution in [-0.2, 0) is 19.3 Å².